The fraction of sp³-hybridized carbons (Fsp3) is 0.250. The topological polar surface area (TPSA) is 50.7 Å². The summed E-state index contributed by atoms with van der Waals surface area (Å²) in [4.78, 5) is 17.8. The summed E-state index contributed by atoms with van der Waals surface area (Å²) in [6, 6.07) is 13.7. The molecule has 0 radical (unpaired) electrons. The Morgan fingerprint density at radius 3 is 2.38 bits per heavy atom. The van der Waals surface area contributed by atoms with Gasteiger partial charge >= 0.3 is 6.18 Å². The molecule has 0 fully saturated rings. The van der Waals surface area contributed by atoms with E-state index in [4.69, 9.17) is 39.6 Å². The Kier molecular flexibility index (Phi) is 6.73. The largest absolute Gasteiger partial charge is 0.435 e. The van der Waals surface area contributed by atoms with Crippen LogP contribution in [0, 0.1) is 0 Å². The molecule has 1 heterocycles. The lowest BCUT2D eigenvalue weighted by Gasteiger charge is -2.29. The average molecular weight is 530 g/mol. The van der Waals surface area contributed by atoms with E-state index in [1.54, 1.807) is 43.3 Å². The van der Waals surface area contributed by atoms with Gasteiger partial charge in [-0.1, -0.05) is 58.7 Å². The molecule has 2 atom stereocenters. The summed E-state index contributed by atoms with van der Waals surface area (Å²) in [6.07, 6.45) is -5.40. The first-order chi connectivity index (χ1) is 16.0. The Morgan fingerprint density at radius 2 is 1.76 bits per heavy atom. The van der Waals surface area contributed by atoms with Gasteiger partial charge in [-0.25, -0.2) is 0 Å². The maximum Gasteiger partial charge on any atom is 0.435 e. The van der Waals surface area contributed by atoms with E-state index < -0.39 is 18.2 Å². The zero-order valence-corrected chi connectivity index (χ0v) is 20.0. The van der Waals surface area contributed by atoms with Crippen molar-refractivity contribution in [2.45, 2.75) is 30.5 Å². The van der Waals surface area contributed by atoms with Gasteiger partial charge in [-0.3, -0.25) is 4.79 Å². The van der Waals surface area contributed by atoms with E-state index in [2.05, 4.69) is 10.5 Å². The number of benzene rings is 3. The highest BCUT2D eigenvalue weighted by molar-refractivity contribution is 6.34. The zero-order valence-electron chi connectivity index (χ0n) is 17.7. The van der Waals surface area contributed by atoms with E-state index in [-0.39, 0.29) is 39.1 Å². The number of carbonyl (C=O) groups excluding carboxylic acids is 1. The molecule has 2 unspecified atom stereocenters. The standard InChI is InChI=1S/C24H18Cl3F3N2O2/c1-13(25)12-31-22(33)20-7-6-19(17-4-2-3-5-18(17)20)21-11-23(34-32-21,24(28,29)30)14-8-15(26)10-16(27)9-14/h2-10,13H,11-12H2,1H3,(H,31,33). The van der Waals surface area contributed by atoms with Gasteiger partial charge < -0.3 is 10.2 Å². The minimum Gasteiger partial charge on any atom is -0.374 e. The molecule has 0 aliphatic carbocycles. The Labute approximate surface area is 208 Å². The molecule has 0 saturated heterocycles. The van der Waals surface area contributed by atoms with Gasteiger partial charge in [0.15, 0.2) is 0 Å². The molecule has 1 aliphatic rings. The van der Waals surface area contributed by atoms with E-state index in [1.165, 1.54) is 18.2 Å². The van der Waals surface area contributed by atoms with Crippen LogP contribution in [0.15, 0.2) is 59.8 Å². The molecule has 1 N–H and O–H groups in total. The number of nitrogens with zero attached hydrogens (tertiary/aromatic N) is 1. The summed E-state index contributed by atoms with van der Waals surface area (Å²) in [7, 11) is 0. The minimum atomic E-state index is -4.81. The van der Waals surface area contributed by atoms with E-state index in [0.29, 0.717) is 21.9 Å². The van der Waals surface area contributed by atoms with Crippen LogP contribution in [0.1, 0.15) is 34.8 Å². The van der Waals surface area contributed by atoms with Crippen LogP contribution in [0.5, 0.6) is 0 Å². The molecule has 3 aromatic carbocycles. The minimum absolute atomic E-state index is 0.0512. The smallest absolute Gasteiger partial charge is 0.374 e. The van der Waals surface area contributed by atoms with Crippen LogP contribution in [0.25, 0.3) is 10.8 Å². The second-order valence-corrected chi connectivity index (χ2v) is 9.60. The monoisotopic (exact) mass is 528 g/mol. The van der Waals surface area contributed by atoms with Crippen molar-refractivity contribution >= 4 is 57.2 Å². The van der Waals surface area contributed by atoms with Crippen molar-refractivity contribution in [1.82, 2.24) is 5.32 Å². The van der Waals surface area contributed by atoms with Gasteiger partial charge in [0.2, 0.25) is 0 Å². The average Bonchev–Trinajstić information content (AvgIpc) is 3.23. The lowest BCUT2D eigenvalue weighted by molar-refractivity contribution is -0.275. The van der Waals surface area contributed by atoms with Crippen molar-refractivity contribution in [2.75, 3.05) is 6.54 Å². The molecule has 1 amide bonds. The number of fused-ring (bicyclic) bond motifs is 1. The lowest BCUT2D eigenvalue weighted by atomic mass is 9.85. The molecule has 4 nitrogen and oxygen atoms in total. The number of hydrogen-bond donors (Lipinski definition) is 1. The van der Waals surface area contributed by atoms with Crippen molar-refractivity contribution in [2.24, 2.45) is 5.16 Å². The highest BCUT2D eigenvalue weighted by Crippen LogP contribution is 2.50. The number of carbonyl (C=O) groups is 1. The summed E-state index contributed by atoms with van der Waals surface area (Å²) < 4.78 is 43.0. The Bertz CT molecular complexity index is 1270. The quantitative estimate of drug-likeness (QED) is 0.359. The van der Waals surface area contributed by atoms with Crippen LogP contribution in [0.2, 0.25) is 10.0 Å². The fourth-order valence-corrected chi connectivity index (χ4v) is 4.52. The van der Waals surface area contributed by atoms with E-state index >= 15 is 0 Å². The summed E-state index contributed by atoms with van der Waals surface area (Å²) >= 11 is 17.9. The van der Waals surface area contributed by atoms with Gasteiger partial charge in [0, 0.05) is 45.1 Å². The van der Waals surface area contributed by atoms with Crippen molar-refractivity contribution < 1.29 is 22.8 Å². The van der Waals surface area contributed by atoms with E-state index in [0.717, 1.165) is 0 Å². The highest BCUT2D eigenvalue weighted by Gasteiger charge is 2.62. The van der Waals surface area contributed by atoms with Gasteiger partial charge in [0.1, 0.15) is 0 Å². The van der Waals surface area contributed by atoms with Gasteiger partial charge in [-0.2, -0.15) is 13.2 Å². The van der Waals surface area contributed by atoms with Crippen LogP contribution in [-0.2, 0) is 10.4 Å². The predicted octanol–water partition coefficient (Wildman–Crippen LogP) is 7.09. The first-order valence-electron chi connectivity index (χ1n) is 10.2. The zero-order chi connectivity index (χ0) is 24.7. The number of alkyl halides is 4. The molecule has 10 heteroatoms. The van der Waals surface area contributed by atoms with Gasteiger partial charge in [-0.15, -0.1) is 11.6 Å². The van der Waals surface area contributed by atoms with E-state index in [1.807, 2.05) is 0 Å². The number of hydrogen-bond acceptors (Lipinski definition) is 3. The van der Waals surface area contributed by atoms with Crippen LogP contribution in [-0.4, -0.2) is 29.7 Å². The van der Waals surface area contributed by atoms with Gasteiger partial charge in [-0.05, 0) is 42.0 Å². The number of rotatable bonds is 5. The van der Waals surface area contributed by atoms with Crippen molar-refractivity contribution in [1.29, 1.82) is 0 Å². The lowest BCUT2D eigenvalue weighted by Crippen LogP contribution is -2.42. The van der Waals surface area contributed by atoms with Crippen molar-refractivity contribution in [3.63, 3.8) is 0 Å². The fourth-order valence-electron chi connectivity index (χ4n) is 3.91. The molecule has 178 valence electrons. The highest BCUT2D eigenvalue weighted by atomic mass is 35.5. The van der Waals surface area contributed by atoms with E-state index in [9.17, 15) is 18.0 Å². The van der Waals surface area contributed by atoms with Gasteiger partial charge in [0.25, 0.3) is 11.5 Å². The Balaban J connectivity index is 1.76. The maximum atomic E-state index is 14.3. The second-order valence-electron chi connectivity index (χ2n) is 7.99. The van der Waals surface area contributed by atoms with Crippen LogP contribution in [0.4, 0.5) is 13.2 Å². The summed E-state index contributed by atoms with van der Waals surface area (Å²) in [5.74, 6) is -0.335. The molecular weight excluding hydrogens is 512 g/mol. The SMILES string of the molecule is CC(Cl)CNC(=O)c1ccc(C2=NOC(c3cc(Cl)cc(Cl)c3)(C(F)(F)F)C2)c2ccccc12. The molecule has 1 aliphatic heterocycles. The number of amides is 1. The molecule has 0 aromatic heterocycles. The maximum absolute atomic E-state index is 14.3. The van der Waals surface area contributed by atoms with Crippen LogP contribution in [0.3, 0.4) is 0 Å². The van der Waals surface area contributed by atoms with Crippen LogP contribution < -0.4 is 5.32 Å². The molecule has 4 rings (SSSR count). The Hall–Kier alpha value is -2.48. The molecule has 0 bridgehead atoms. The molecule has 0 saturated carbocycles. The molecule has 0 spiro atoms. The summed E-state index contributed by atoms with van der Waals surface area (Å²) in [5, 5.41) is 7.57. The molecular formula is C24H18Cl3F3N2O2. The normalized spacial score (nSPS) is 19.0. The Morgan fingerprint density at radius 1 is 1.12 bits per heavy atom. The predicted molar refractivity (Wildman–Crippen MR) is 128 cm³/mol. The van der Waals surface area contributed by atoms with Crippen molar-refractivity contribution in [3.8, 4) is 0 Å². The third-order valence-electron chi connectivity index (χ3n) is 5.54. The first kappa shape index (κ1) is 24.6. The number of halogens is 6. The molecule has 34 heavy (non-hydrogen) atoms. The second kappa shape index (κ2) is 9.29. The van der Waals surface area contributed by atoms with Crippen LogP contribution >= 0.6 is 34.8 Å². The number of oxime groups is 1. The third kappa shape index (κ3) is 4.57. The summed E-state index contributed by atoms with van der Waals surface area (Å²) in [5.41, 5.74) is -2.10. The number of nitrogens with one attached hydrogen (secondary N) is 1. The first-order valence-corrected chi connectivity index (χ1v) is 11.4. The molecule has 3 aromatic rings. The van der Waals surface area contributed by atoms with Crippen molar-refractivity contribution in [3.05, 3.63) is 81.3 Å². The summed E-state index contributed by atoms with van der Waals surface area (Å²) in [6.45, 7) is 2.02. The van der Waals surface area contributed by atoms with Gasteiger partial charge in [0.05, 0.1) is 5.71 Å². The third-order valence-corrected chi connectivity index (χ3v) is 6.13.